The molecule has 0 saturated heterocycles. The third-order valence-electron chi connectivity index (χ3n) is 3.95. The molecule has 26 heavy (non-hydrogen) atoms. The van der Waals surface area contributed by atoms with Crippen LogP contribution in [0.15, 0.2) is 53.7 Å². The van der Waals surface area contributed by atoms with Gasteiger partial charge in [0.05, 0.1) is 24.1 Å². The normalized spacial score (nSPS) is 14.5. The van der Waals surface area contributed by atoms with Crippen LogP contribution >= 0.6 is 11.8 Å². The molecule has 1 aliphatic rings. The molecule has 0 radical (unpaired) electrons. The first-order chi connectivity index (χ1) is 12.5. The predicted molar refractivity (Wildman–Crippen MR) is 102 cm³/mol. The van der Waals surface area contributed by atoms with Crippen LogP contribution in [-0.2, 0) is 16.1 Å². The lowest BCUT2D eigenvalue weighted by Gasteiger charge is -2.15. The molecule has 0 spiro atoms. The Balaban J connectivity index is 1.97. The van der Waals surface area contributed by atoms with Gasteiger partial charge in [0.15, 0.2) is 0 Å². The van der Waals surface area contributed by atoms with Crippen molar-refractivity contribution >= 4 is 29.1 Å². The monoisotopic (exact) mass is 368 g/mol. The van der Waals surface area contributed by atoms with Gasteiger partial charge in [-0.2, -0.15) is 0 Å². The summed E-state index contributed by atoms with van der Waals surface area (Å²) in [6.45, 7) is 4.25. The molecule has 1 aliphatic heterocycles. The molecule has 6 heteroatoms. The Kier molecular flexibility index (Phi) is 5.42. The number of methoxy groups -OCH3 is 1. The number of pyridine rings is 1. The molecule has 5 nitrogen and oxygen atoms in total. The first-order valence-corrected chi connectivity index (χ1v) is 9.19. The van der Waals surface area contributed by atoms with Gasteiger partial charge in [-0.25, -0.2) is 0 Å². The van der Waals surface area contributed by atoms with E-state index in [1.807, 2.05) is 26.0 Å². The number of thioether (sulfide) groups is 1. The molecule has 2 amide bonds. The summed E-state index contributed by atoms with van der Waals surface area (Å²) < 4.78 is 5.18. The number of amides is 2. The zero-order chi connectivity index (χ0) is 18.7. The van der Waals surface area contributed by atoms with E-state index in [1.165, 1.54) is 16.7 Å². The first kappa shape index (κ1) is 18.2. The van der Waals surface area contributed by atoms with Crippen LogP contribution in [0.5, 0.6) is 5.75 Å². The van der Waals surface area contributed by atoms with Crippen LogP contribution in [0.25, 0.3) is 5.57 Å². The minimum Gasteiger partial charge on any atom is -0.497 e. The molecule has 0 aliphatic carbocycles. The summed E-state index contributed by atoms with van der Waals surface area (Å²) in [7, 11) is 1.59. The first-order valence-electron chi connectivity index (χ1n) is 8.31. The van der Waals surface area contributed by atoms with Gasteiger partial charge in [-0.15, -0.1) is 11.8 Å². The summed E-state index contributed by atoms with van der Waals surface area (Å²) >= 11 is 1.43. The van der Waals surface area contributed by atoms with E-state index in [-0.39, 0.29) is 23.6 Å². The van der Waals surface area contributed by atoms with E-state index in [1.54, 1.807) is 43.8 Å². The van der Waals surface area contributed by atoms with Gasteiger partial charge in [0.2, 0.25) is 0 Å². The van der Waals surface area contributed by atoms with Crippen LogP contribution in [-0.4, -0.2) is 34.1 Å². The molecular formula is C20H20N2O3S. The van der Waals surface area contributed by atoms with Crippen molar-refractivity contribution in [3.8, 4) is 5.75 Å². The third kappa shape index (κ3) is 3.65. The van der Waals surface area contributed by atoms with Gasteiger partial charge < -0.3 is 4.74 Å². The minimum absolute atomic E-state index is 0.191. The second-order valence-electron chi connectivity index (χ2n) is 6.15. The number of imide groups is 1. The average Bonchev–Trinajstić information content (AvgIpc) is 2.87. The molecule has 134 valence electrons. The average molecular weight is 368 g/mol. The van der Waals surface area contributed by atoms with Gasteiger partial charge in [0, 0.05) is 17.6 Å². The Morgan fingerprint density at radius 2 is 1.69 bits per heavy atom. The van der Waals surface area contributed by atoms with E-state index in [9.17, 15) is 9.59 Å². The Bertz CT molecular complexity index is 845. The van der Waals surface area contributed by atoms with Crippen molar-refractivity contribution in [3.05, 3.63) is 64.8 Å². The molecule has 0 atom stereocenters. The van der Waals surface area contributed by atoms with Gasteiger partial charge in [-0.1, -0.05) is 26.0 Å². The van der Waals surface area contributed by atoms with Crippen LogP contribution in [0.4, 0.5) is 0 Å². The maximum Gasteiger partial charge on any atom is 0.268 e. The summed E-state index contributed by atoms with van der Waals surface area (Å²) in [6.07, 6.45) is 3.31. The number of hydrogen-bond donors (Lipinski definition) is 0. The standard InChI is InChI=1S/C20H20N2O3S/c1-13(2)26-18-17(15-4-6-16(25-3)7-5-15)19(23)22(20(18)24)12-14-8-10-21-11-9-14/h4-11,13H,12H2,1-3H3. The predicted octanol–water partition coefficient (Wildman–Crippen LogP) is 3.51. The highest BCUT2D eigenvalue weighted by molar-refractivity contribution is 8.04. The lowest BCUT2D eigenvalue weighted by molar-refractivity contribution is -0.137. The summed E-state index contributed by atoms with van der Waals surface area (Å²) in [5.74, 6) is 0.203. The fourth-order valence-corrected chi connectivity index (χ4v) is 3.73. The van der Waals surface area contributed by atoms with Gasteiger partial charge in [0.1, 0.15) is 5.75 Å². The Morgan fingerprint density at radius 3 is 2.27 bits per heavy atom. The summed E-state index contributed by atoms with van der Waals surface area (Å²) in [5, 5.41) is 0.191. The van der Waals surface area contributed by atoms with Crippen LogP contribution in [0.2, 0.25) is 0 Å². The van der Waals surface area contributed by atoms with Gasteiger partial charge >= 0.3 is 0 Å². The Labute approximate surface area is 157 Å². The smallest absolute Gasteiger partial charge is 0.268 e. The molecule has 0 bridgehead atoms. The third-order valence-corrected chi connectivity index (χ3v) is 5.03. The number of rotatable bonds is 6. The number of carbonyl (C=O) groups excluding carboxylic acids is 2. The van der Waals surface area contributed by atoms with E-state index in [0.717, 1.165) is 11.1 Å². The second kappa shape index (κ2) is 7.74. The van der Waals surface area contributed by atoms with Gasteiger partial charge in [-0.3, -0.25) is 19.5 Å². The molecule has 0 unspecified atom stereocenters. The minimum atomic E-state index is -0.264. The van der Waals surface area contributed by atoms with Crippen molar-refractivity contribution in [2.24, 2.45) is 0 Å². The lowest BCUT2D eigenvalue weighted by atomic mass is 10.1. The number of aromatic nitrogens is 1. The van der Waals surface area contributed by atoms with Crippen molar-refractivity contribution in [2.45, 2.75) is 25.6 Å². The van der Waals surface area contributed by atoms with Gasteiger partial charge in [-0.05, 0) is 35.4 Å². The van der Waals surface area contributed by atoms with Crippen molar-refractivity contribution < 1.29 is 14.3 Å². The maximum absolute atomic E-state index is 13.1. The largest absolute Gasteiger partial charge is 0.497 e. The summed E-state index contributed by atoms with van der Waals surface area (Å²) in [5.41, 5.74) is 2.06. The molecular weight excluding hydrogens is 348 g/mol. The second-order valence-corrected chi connectivity index (χ2v) is 7.74. The highest BCUT2D eigenvalue weighted by Crippen LogP contribution is 2.38. The highest BCUT2D eigenvalue weighted by atomic mass is 32.2. The molecule has 1 aromatic carbocycles. The Hall–Kier alpha value is -2.60. The van der Waals surface area contributed by atoms with E-state index >= 15 is 0 Å². The van der Waals surface area contributed by atoms with E-state index in [0.29, 0.717) is 16.2 Å². The SMILES string of the molecule is COc1ccc(C2=C(SC(C)C)C(=O)N(Cc3ccncc3)C2=O)cc1. The quantitative estimate of drug-likeness (QED) is 0.730. The molecule has 0 fully saturated rings. The summed E-state index contributed by atoms with van der Waals surface area (Å²) in [4.78, 5) is 31.8. The molecule has 0 saturated carbocycles. The van der Waals surface area contributed by atoms with Crippen LogP contribution in [0.1, 0.15) is 25.0 Å². The number of benzene rings is 1. The molecule has 0 N–H and O–H groups in total. The van der Waals surface area contributed by atoms with Crippen LogP contribution in [0, 0.1) is 0 Å². The van der Waals surface area contributed by atoms with E-state index < -0.39 is 0 Å². The number of nitrogens with zero attached hydrogens (tertiary/aromatic N) is 2. The maximum atomic E-state index is 13.1. The van der Waals surface area contributed by atoms with Crippen molar-refractivity contribution in [3.63, 3.8) is 0 Å². The number of ether oxygens (including phenoxy) is 1. The molecule has 3 rings (SSSR count). The van der Waals surface area contributed by atoms with E-state index in [2.05, 4.69) is 4.98 Å². The molecule has 1 aromatic heterocycles. The van der Waals surface area contributed by atoms with Crippen LogP contribution < -0.4 is 4.74 Å². The zero-order valence-electron chi connectivity index (χ0n) is 14.9. The van der Waals surface area contributed by atoms with Crippen molar-refractivity contribution in [2.75, 3.05) is 7.11 Å². The summed E-state index contributed by atoms with van der Waals surface area (Å²) in [6, 6.07) is 10.8. The highest BCUT2D eigenvalue weighted by Gasteiger charge is 2.39. The van der Waals surface area contributed by atoms with Crippen molar-refractivity contribution in [1.82, 2.24) is 9.88 Å². The zero-order valence-corrected chi connectivity index (χ0v) is 15.7. The Morgan fingerprint density at radius 1 is 1.04 bits per heavy atom. The fraction of sp³-hybridized carbons (Fsp3) is 0.250. The lowest BCUT2D eigenvalue weighted by Crippen LogP contribution is -2.31. The van der Waals surface area contributed by atoms with Gasteiger partial charge in [0.25, 0.3) is 11.8 Å². The molecule has 2 aromatic rings. The fourth-order valence-electron chi connectivity index (χ4n) is 2.73. The molecule has 2 heterocycles. The topological polar surface area (TPSA) is 59.5 Å². The number of carbonyl (C=O) groups is 2. The number of hydrogen-bond acceptors (Lipinski definition) is 5. The van der Waals surface area contributed by atoms with E-state index in [4.69, 9.17) is 4.74 Å². The van der Waals surface area contributed by atoms with Crippen LogP contribution in [0.3, 0.4) is 0 Å². The van der Waals surface area contributed by atoms with Crippen molar-refractivity contribution in [1.29, 1.82) is 0 Å².